The topological polar surface area (TPSA) is 95.8 Å². The van der Waals surface area contributed by atoms with Crippen LogP contribution in [0, 0.1) is 5.92 Å². The fourth-order valence-electron chi connectivity index (χ4n) is 4.09. The van der Waals surface area contributed by atoms with Crippen molar-refractivity contribution in [2.24, 2.45) is 5.92 Å². The number of likely N-dealkylation sites (tertiary alicyclic amines) is 2. The largest absolute Gasteiger partial charge is 0.459 e. The SMILES string of the molecule is O=C(Nc1ccc(Cl)cn1)C1CCCN(C(=O)C2CCCN2C(=O)c2ccco2)C1. The summed E-state index contributed by atoms with van der Waals surface area (Å²) in [6, 6.07) is 6.05. The first-order valence-electron chi connectivity index (χ1n) is 10.1. The smallest absolute Gasteiger partial charge is 0.290 e. The fraction of sp³-hybridized carbons (Fsp3) is 0.429. The molecule has 3 amide bonds. The Morgan fingerprint density at radius 2 is 1.97 bits per heavy atom. The Labute approximate surface area is 179 Å². The molecule has 30 heavy (non-hydrogen) atoms. The molecule has 4 rings (SSSR count). The highest BCUT2D eigenvalue weighted by atomic mass is 35.5. The maximum Gasteiger partial charge on any atom is 0.290 e. The Bertz CT molecular complexity index is 916. The van der Waals surface area contributed by atoms with E-state index in [0.29, 0.717) is 43.3 Å². The second-order valence-electron chi connectivity index (χ2n) is 7.61. The molecule has 2 atom stereocenters. The molecule has 1 N–H and O–H groups in total. The van der Waals surface area contributed by atoms with Gasteiger partial charge in [-0.15, -0.1) is 0 Å². The summed E-state index contributed by atoms with van der Waals surface area (Å²) in [6.45, 7) is 1.44. The lowest BCUT2D eigenvalue weighted by Crippen LogP contribution is -2.51. The minimum absolute atomic E-state index is 0.102. The number of carbonyl (C=O) groups is 3. The molecule has 0 bridgehead atoms. The van der Waals surface area contributed by atoms with E-state index in [1.54, 1.807) is 34.1 Å². The van der Waals surface area contributed by atoms with E-state index >= 15 is 0 Å². The van der Waals surface area contributed by atoms with Crippen LogP contribution in [0.1, 0.15) is 36.2 Å². The molecule has 4 heterocycles. The van der Waals surface area contributed by atoms with E-state index in [1.165, 1.54) is 12.5 Å². The van der Waals surface area contributed by atoms with Crippen LogP contribution in [0.25, 0.3) is 0 Å². The van der Waals surface area contributed by atoms with Gasteiger partial charge in [-0.05, 0) is 49.9 Å². The summed E-state index contributed by atoms with van der Waals surface area (Å²) in [5.41, 5.74) is 0. The van der Waals surface area contributed by atoms with Crippen molar-refractivity contribution in [2.75, 3.05) is 25.0 Å². The maximum atomic E-state index is 13.2. The summed E-state index contributed by atoms with van der Waals surface area (Å²) in [6.07, 6.45) is 5.73. The van der Waals surface area contributed by atoms with Crippen molar-refractivity contribution in [3.05, 3.63) is 47.5 Å². The van der Waals surface area contributed by atoms with Gasteiger partial charge in [-0.3, -0.25) is 14.4 Å². The van der Waals surface area contributed by atoms with Gasteiger partial charge in [-0.1, -0.05) is 11.6 Å². The third-order valence-electron chi connectivity index (χ3n) is 5.61. The van der Waals surface area contributed by atoms with E-state index in [4.69, 9.17) is 16.0 Å². The number of piperidine rings is 1. The Morgan fingerprint density at radius 1 is 1.13 bits per heavy atom. The van der Waals surface area contributed by atoms with Crippen LogP contribution in [0.3, 0.4) is 0 Å². The number of furan rings is 1. The highest BCUT2D eigenvalue weighted by Crippen LogP contribution is 2.25. The zero-order valence-electron chi connectivity index (χ0n) is 16.4. The molecule has 2 unspecified atom stereocenters. The number of hydrogen-bond acceptors (Lipinski definition) is 5. The highest BCUT2D eigenvalue weighted by molar-refractivity contribution is 6.30. The molecule has 2 fully saturated rings. The van der Waals surface area contributed by atoms with E-state index in [2.05, 4.69) is 10.3 Å². The van der Waals surface area contributed by atoms with Crippen LogP contribution in [0.15, 0.2) is 41.1 Å². The number of pyridine rings is 1. The van der Waals surface area contributed by atoms with E-state index < -0.39 is 6.04 Å². The van der Waals surface area contributed by atoms with Gasteiger partial charge in [0.1, 0.15) is 11.9 Å². The summed E-state index contributed by atoms with van der Waals surface area (Å²) >= 11 is 5.83. The van der Waals surface area contributed by atoms with Gasteiger partial charge in [0.25, 0.3) is 5.91 Å². The Morgan fingerprint density at radius 3 is 2.70 bits per heavy atom. The highest BCUT2D eigenvalue weighted by Gasteiger charge is 2.39. The maximum absolute atomic E-state index is 13.2. The normalized spacial score (nSPS) is 21.5. The average Bonchev–Trinajstić information content (AvgIpc) is 3.47. The number of nitrogens with zero attached hydrogens (tertiary/aromatic N) is 3. The second-order valence-corrected chi connectivity index (χ2v) is 8.04. The lowest BCUT2D eigenvalue weighted by Gasteiger charge is -2.35. The molecule has 0 aliphatic carbocycles. The predicted molar refractivity (Wildman–Crippen MR) is 110 cm³/mol. The van der Waals surface area contributed by atoms with E-state index in [1.807, 2.05) is 0 Å². The van der Waals surface area contributed by atoms with Crippen molar-refractivity contribution in [3.8, 4) is 0 Å². The molecule has 2 aliphatic heterocycles. The Balaban J connectivity index is 1.39. The molecule has 2 aromatic rings. The van der Waals surface area contributed by atoms with Crippen LogP contribution in [-0.4, -0.2) is 58.2 Å². The van der Waals surface area contributed by atoms with Gasteiger partial charge in [0.15, 0.2) is 5.76 Å². The molecule has 2 aromatic heterocycles. The average molecular weight is 431 g/mol. The predicted octanol–water partition coefficient (Wildman–Crippen LogP) is 2.81. The number of aromatic nitrogens is 1. The number of nitrogens with one attached hydrogen (secondary N) is 1. The van der Waals surface area contributed by atoms with Gasteiger partial charge < -0.3 is 19.5 Å². The van der Waals surface area contributed by atoms with Crippen LogP contribution >= 0.6 is 11.6 Å². The Hall–Kier alpha value is -2.87. The minimum Gasteiger partial charge on any atom is -0.459 e. The number of halogens is 1. The first kappa shape index (κ1) is 20.4. The molecular formula is C21H23ClN4O4. The van der Waals surface area contributed by atoms with Crippen molar-refractivity contribution in [3.63, 3.8) is 0 Å². The van der Waals surface area contributed by atoms with Gasteiger partial charge in [-0.25, -0.2) is 4.98 Å². The van der Waals surface area contributed by atoms with Crippen molar-refractivity contribution >= 4 is 35.1 Å². The molecule has 0 radical (unpaired) electrons. The summed E-state index contributed by atoms with van der Waals surface area (Å²) in [5, 5.41) is 3.28. The molecule has 2 saturated heterocycles. The van der Waals surface area contributed by atoms with E-state index in [9.17, 15) is 14.4 Å². The third-order valence-corrected chi connectivity index (χ3v) is 5.84. The molecule has 0 spiro atoms. The Kier molecular flexibility index (Phi) is 6.03. The monoisotopic (exact) mass is 430 g/mol. The van der Waals surface area contributed by atoms with Crippen LogP contribution in [0.4, 0.5) is 5.82 Å². The number of amides is 3. The van der Waals surface area contributed by atoms with Gasteiger partial charge in [0.2, 0.25) is 11.8 Å². The molecule has 9 heteroatoms. The summed E-state index contributed by atoms with van der Waals surface area (Å²) in [4.78, 5) is 45.9. The van der Waals surface area contributed by atoms with Crippen molar-refractivity contribution in [1.82, 2.24) is 14.8 Å². The van der Waals surface area contributed by atoms with Gasteiger partial charge >= 0.3 is 0 Å². The van der Waals surface area contributed by atoms with E-state index in [0.717, 1.165) is 12.8 Å². The second kappa shape index (κ2) is 8.87. The van der Waals surface area contributed by atoms with Gasteiger partial charge in [0, 0.05) is 25.8 Å². The molecule has 2 aliphatic rings. The molecule has 158 valence electrons. The number of carbonyl (C=O) groups excluding carboxylic acids is 3. The molecule has 8 nitrogen and oxygen atoms in total. The van der Waals surface area contributed by atoms with Crippen molar-refractivity contribution < 1.29 is 18.8 Å². The van der Waals surface area contributed by atoms with Crippen LogP contribution in [0.2, 0.25) is 5.02 Å². The summed E-state index contributed by atoms with van der Waals surface area (Å²) in [5.74, 6) is -0.196. The molecular weight excluding hydrogens is 408 g/mol. The quantitative estimate of drug-likeness (QED) is 0.804. The standard InChI is InChI=1S/C21H23ClN4O4/c22-15-7-8-18(23-12-15)24-19(27)14-4-1-9-25(13-14)20(28)16-5-2-10-26(16)21(29)17-6-3-11-30-17/h3,6-8,11-12,14,16H,1-2,4-5,9-10,13H2,(H,23,24,27). The first-order valence-corrected chi connectivity index (χ1v) is 10.5. The fourth-order valence-corrected chi connectivity index (χ4v) is 4.20. The van der Waals surface area contributed by atoms with Crippen LogP contribution in [-0.2, 0) is 9.59 Å². The van der Waals surface area contributed by atoms with Crippen molar-refractivity contribution in [2.45, 2.75) is 31.7 Å². The number of rotatable bonds is 4. The molecule has 0 saturated carbocycles. The lowest BCUT2D eigenvalue weighted by molar-refractivity contribution is -0.138. The first-order chi connectivity index (χ1) is 14.5. The molecule has 0 aromatic carbocycles. The zero-order chi connectivity index (χ0) is 21.1. The van der Waals surface area contributed by atoms with Gasteiger partial charge in [0.05, 0.1) is 17.2 Å². The minimum atomic E-state index is -0.512. The van der Waals surface area contributed by atoms with Gasteiger partial charge in [-0.2, -0.15) is 0 Å². The lowest BCUT2D eigenvalue weighted by atomic mass is 9.96. The number of anilines is 1. The van der Waals surface area contributed by atoms with Crippen molar-refractivity contribution in [1.29, 1.82) is 0 Å². The van der Waals surface area contributed by atoms with E-state index in [-0.39, 0.29) is 29.4 Å². The van der Waals surface area contributed by atoms with Crippen LogP contribution in [0.5, 0.6) is 0 Å². The number of hydrogen-bond donors (Lipinski definition) is 1. The summed E-state index contributed by atoms with van der Waals surface area (Å²) < 4.78 is 5.21. The zero-order valence-corrected chi connectivity index (χ0v) is 17.2. The van der Waals surface area contributed by atoms with Crippen LogP contribution < -0.4 is 5.32 Å². The third kappa shape index (κ3) is 4.33. The summed E-state index contributed by atoms with van der Waals surface area (Å²) in [7, 11) is 0.